The van der Waals surface area contributed by atoms with Gasteiger partial charge in [-0.1, -0.05) is 12.1 Å². The second-order valence-corrected chi connectivity index (χ2v) is 7.19. The van der Waals surface area contributed by atoms with E-state index in [1.165, 1.54) is 0 Å². The van der Waals surface area contributed by atoms with Crippen LogP contribution in [0.5, 0.6) is 0 Å². The number of hydrogen-bond donors (Lipinski definition) is 0. The van der Waals surface area contributed by atoms with Crippen molar-refractivity contribution in [1.29, 1.82) is 0 Å². The van der Waals surface area contributed by atoms with Crippen LogP contribution in [0.25, 0.3) is 0 Å². The summed E-state index contributed by atoms with van der Waals surface area (Å²) in [7, 11) is -0.832. The summed E-state index contributed by atoms with van der Waals surface area (Å²) in [5.41, 5.74) is 0. The molecule has 64 valence electrons. The zero-order valence-corrected chi connectivity index (χ0v) is 8.23. The summed E-state index contributed by atoms with van der Waals surface area (Å²) < 4.78 is 5.10. The summed E-state index contributed by atoms with van der Waals surface area (Å²) in [5, 5.41) is 4.64. The first kappa shape index (κ1) is 8.59. The summed E-state index contributed by atoms with van der Waals surface area (Å²) in [4.78, 5) is 4.26. The van der Waals surface area contributed by atoms with E-state index in [0.29, 0.717) is 0 Å². The maximum Gasteiger partial charge on any atom is 0.267 e. The van der Waals surface area contributed by atoms with Crippen molar-refractivity contribution >= 4 is 10.0 Å². The van der Waals surface area contributed by atoms with E-state index in [9.17, 15) is 0 Å². The molecule has 0 bridgehead atoms. The molecule has 0 radical (unpaired) electrons. The second-order valence-electron chi connectivity index (χ2n) is 3.17. The van der Waals surface area contributed by atoms with Gasteiger partial charge in [-0.3, -0.25) is 0 Å². The molecule has 0 aromatic carbocycles. The topological polar surface area (TPSA) is 38.9 Å². The average molecular weight is 174 g/mol. The highest BCUT2D eigenvalue weighted by Crippen LogP contribution is 2.43. The normalized spacial score (nSPS) is 13.5. The third kappa shape index (κ3) is 1.96. The van der Waals surface area contributed by atoms with Gasteiger partial charge >= 0.3 is 0 Å². The molecule has 0 aliphatic carbocycles. The number of hydrogen-bond acceptors (Lipinski definition) is 3. The third-order valence-electron chi connectivity index (χ3n) is 1.29. The predicted molar refractivity (Wildman–Crippen MR) is 47.3 cm³/mol. The number of aromatic nitrogens is 2. The van der Waals surface area contributed by atoms with Gasteiger partial charge in [0.2, 0.25) is 0 Å². The molecule has 0 aliphatic rings. The quantitative estimate of drug-likeness (QED) is 0.684. The first-order chi connectivity index (χ1) is 5.04. The van der Waals surface area contributed by atoms with Crippen LogP contribution in [0.15, 0.2) is 9.75 Å². The molecule has 0 unspecified atom stereocenters. The molecule has 0 spiro atoms. The molecule has 3 nitrogen and oxygen atoms in total. The van der Waals surface area contributed by atoms with E-state index in [2.05, 4.69) is 28.9 Å². The molecule has 1 rings (SSSR count). The van der Waals surface area contributed by atoms with Gasteiger partial charge in [0.1, 0.15) is 0 Å². The summed E-state index contributed by atoms with van der Waals surface area (Å²) in [6.07, 6.45) is 7.26. The van der Waals surface area contributed by atoms with Crippen LogP contribution in [0, 0.1) is 0 Å². The van der Waals surface area contributed by atoms with Gasteiger partial charge in [0.25, 0.3) is 5.22 Å². The summed E-state index contributed by atoms with van der Waals surface area (Å²) in [6, 6.07) is 0. The van der Waals surface area contributed by atoms with Gasteiger partial charge in [0, 0.05) is 6.42 Å². The van der Waals surface area contributed by atoms with Gasteiger partial charge < -0.3 is 4.52 Å². The zero-order valence-electron chi connectivity index (χ0n) is 7.42. The van der Waals surface area contributed by atoms with Crippen molar-refractivity contribution in [3.8, 4) is 0 Å². The molecule has 11 heavy (non-hydrogen) atoms. The van der Waals surface area contributed by atoms with E-state index in [4.69, 9.17) is 4.52 Å². The summed E-state index contributed by atoms with van der Waals surface area (Å²) in [5.74, 6) is 0.808. The summed E-state index contributed by atoms with van der Waals surface area (Å²) >= 11 is 0. The van der Waals surface area contributed by atoms with Gasteiger partial charge in [0.15, 0.2) is 5.82 Å². The Morgan fingerprint density at radius 2 is 2.00 bits per heavy atom. The van der Waals surface area contributed by atoms with Crippen molar-refractivity contribution < 1.29 is 4.52 Å². The minimum Gasteiger partial charge on any atom is -0.329 e. The van der Waals surface area contributed by atoms with E-state index in [1.54, 1.807) is 0 Å². The van der Waals surface area contributed by atoms with Crippen molar-refractivity contribution in [1.82, 2.24) is 10.1 Å². The molecular weight excluding hydrogens is 160 g/mol. The first-order valence-corrected chi connectivity index (χ1v) is 6.40. The zero-order chi connectivity index (χ0) is 8.48. The lowest BCUT2D eigenvalue weighted by molar-refractivity contribution is 0.335. The highest BCUT2D eigenvalue weighted by molar-refractivity contribution is 8.31. The monoisotopic (exact) mass is 174 g/mol. The van der Waals surface area contributed by atoms with Gasteiger partial charge in [-0.2, -0.15) is 15.0 Å². The molecule has 1 heterocycles. The minimum atomic E-state index is -0.832. The van der Waals surface area contributed by atoms with E-state index in [-0.39, 0.29) is 0 Å². The molecule has 0 fully saturated rings. The van der Waals surface area contributed by atoms with E-state index in [0.717, 1.165) is 17.5 Å². The summed E-state index contributed by atoms with van der Waals surface area (Å²) in [6.45, 7) is 2.02. The fraction of sp³-hybridized carbons (Fsp3) is 0.714. The Hall–Kier alpha value is -0.510. The Morgan fingerprint density at radius 3 is 2.27 bits per heavy atom. The molecule has 0 N–H and O–H groups in total. The molecule has 1 aromatic heterocycles. The van der Waals surface area contributed by atoms with Crippen LogP contribution in [-0.4, -0.2) is 28.9 Å². The molecule has 0 saturated heterocycles. The second kappa shape index (κ2) is 2.85. The van der Waals surface area contributed by atoms with Crippen molar-refractivity contribution in [2.75, 3.05) is 18.8 Å². The minimum absolute atomic E-state index is 0.800. The van der Waals surface area contributed by atoms with Gasteiger partial charge in [0.05, 0.1) is 0 Å². The number of rotatable bonds is 2. The van der Waals surface area contributed by atoms with Gasteiger partial charge in [-0.05, 0) is 18.8 Å². The molecule has 1 aromatic rings. The maximum absolute atomic E-state index is 5.10. The van der Waals surface area contributed by atoms with Gasteiger partial charge in [-0.25, -0.2) is 0 Å². The predicted octanol–water partition coefficient (Wildman–Crippen LogP) is 1.68. The largest absolute Gasteiger partial charge is 0.329 e. The molecule has 0 saturated carbocycles. The Balaban J connectivity index is 2.89. The lowest BCUT2D eigenvalue weighted by atomic mass is 10.5. The third-order valence-corrected chi connectivity index (χ3v) is 2.50. The fourth-order valence-electron chi connectivity index (χ4n) is 0.630. The van der Waals surface area contributed by atoms with Crippen LogP contribution >= 0.6 is 10.0 Å². The molecular formula is C7H14N2OS. The highest BCUT2D eigenvalue weighted by atomic mass is 32.3. The molecule has 4 heteroatoms. The van der Waals surface area contributed by atoms with Crippen molar-refractivity contribution in [2.24, 2.45) is 0 Å². The van der Waals surface area contributed by atoms with Crippen LogP contribution in [-0.2, 0) is 6.42 Å². The SMILES string of the molecule is CCc1noc(S(C)(C)C)n1. The highest BCUT2D eigenvalue weighted by Gasteiger charge is 2.15. The van der Waals surface area contributed by atoms with E-state index in [1.807, 2.05) is 6.92 Å². The number of aryl methyl sites for hydroxylation is 1. The van der Waals surface area contributed by atoms with Crippen LogP contribution in [0.4, 0.5) is 0 Å². The average Bonchev–Trinajstić information content (AvgIpc) is 2.32. The Bertz CT molecular complexity index is 239. The van der Waals surface area contributed by atoms with E-state index >= 15 is 0 Å². The standard InChI is InChI=1S/C7H14N2OS/c1-5-6-8-7(10-9-6)11(2,3)4/h5H2,1-4H3. The van der Waals surface area contributed by atoms with E-state index < -0.39 is 10.0 Å². The van der Waals surface area contributed by atoms with Gasteiger partial charge in [-0.15, -0.1) is 0 Å². The van der Waals surface area contributed by atoms with Crippen LogP contribution in [0.1, 0.15) is 12.7 Å². The van der Waals surface area contributed by atoms with Crippen molar-refractivity contribution in [3.05, 3.63) is 5.82 Å². The van der Waals surface area contributed by atoms with Crippen molar-refractivity contribution in [3.63, 3.8) is 0 Å². The maximum atomic E-state index is 5.10. The lowest BCUT2D eigenvalue weighted by Crippen LogP contribution is -1.93. The lowest BCUT2D eigenvalue weighted by Gasteiger charge is -2.17. The fourth-order valence-corrected chi connectivity index (χ4v) is 1.27. The van der Waals surface area contributed by atoms with Crippen molar-refractivity contribution in [2.45, 2.75) is 18.6 Å². The van der Waals surface area contributed by atoms with Crippen LogP contribution in [0.2, 0.25) is 0 Å². The molecule has 0 atom stereocenters. The Labute approximate surface area is 68.5 Å². The molecule has 0 aliphatic heterocycles. The van der Waals surface area contributed by atoms with Crippen LogP contribution < -0.4 is 0 Å². The Kier molecular flexibility index (Phi) is 2.23. The molecule has 0 amide bonds. The number of nitrogens with zero attached hydrogens (tertiary/aromatic N) is 2. The first-order valence-electron chi connectivity index (χ1n) is 3.55. The Morgan fingerprint density at radius 1 is 1.36 bits per heavy atom. The smallest absolute Gasteiger partial charge is 0.267 e. The van der Waals surface area contributed by atoms with Crippen LogP contribution in [0.3, 0.4) is 0 Å².